The molecule has 8 heteroatoms. The van der Waals surface area contributed by atoms with Gasteiger partial charge in [-0.05, 0) is 85.7 Å². The fraction of sp³-hybridized carbons (Fsp3) is 0.316. The molecule has 4 aromatic rings. The molecule has 0 bridgehead atoms. The lowest BCUT2D eigenvalue weighted by atomic mass is 10.0. The molecule has 5 rings (SSSR count). The highest BCUT2D eigenvalue weighted by molar-refractivity contribution is 7.92. The van der Waals surface area contributed by atoms with Crippen LogP contribution in [-0.2, 0) is 32.6 Å². The number of anilines is 1. The number of nitrogens with zero attached hydrogens (tertiary/aromatic N) is 2. The molecular weight excluding hydrogens is 595 g/mol. The van der Waals surface area contributed by atoms with E-state index in [4.69, 9.17) is 0 Å². The molecule has 2 amide bonds. The van der Waals surface area contributed by atoms with Gasteiger partial charge in [0.05, 0.1) is 10.6 Å². The van der Waals surface area contributed by atoms with Gasteiger partial charge < -0.3 is 10.2 Å². The van der Waals surface area contributed by atoms with Crippen LogP contribution in [0, 0.1) is 20.8 Å². The Labute approximate surface area is 273 Å². The zero-order valence-corrected chi connectivity index (χ0v) is 27.7. The Morgan fingerprint density at radius 3 is 2.07 bits per heavy atom. The van der Waals surface area contributed by atoms with Crippen LogP contribution in [0.2, 0.25) is 0 Å². The number of carbonyl (C=O) groups excluding carboxylic acids is 2. The van der Waals surface area contributed by atoms with Crippen molar-refractivity contribution in [3.05, 3.63) is 131 Å². The summed E-state index contributed by atoms with van der Waals surface area (Å²) in [6.45, 7) is 5.55. The number of carbonyl (C=O) groups is 2. The first-order valence-electron chi connectivity index (χ1n) is 16.0. The fourth-order valence-electron chi connectivity index (χ4n) is 6.02. The highest BCUT2D eigenvalue weighted by Gasteiger charge is 2.35. The largest absolute Gasteiger partial charge is 0.352 e. The molecule has 1 atom stereocenters. The highest BCUT2D eigenvalue weighted by atomic mass is 32.2. The molecule has 0 saturated heterocycles. The van der Waals surface area contributed by atoms with Crippen LogP contribution < -0.4 is 9.62 Å². The van der Waals surface area contributed by atoms with Crippen molar-refractivity contribution in [2.45, 2.75) is 76.4 Å². The minimum atomic E-state index is -4.13. The molecule has 1 saturated carbocycles. The lowest BCUT2D eigenvalue weighted by Crippen LogP contribution is -2.54. The van der Waals surface area contributed by atoms with Crippen molar-refractivity contribution in [1.82, 2.24) is 10.2 Å². The molecule has 1 fully saturated rings. The van der Waals surface area contributed by atoms with Gasteiger partial charge in [-0.1, -0.05) is 91.7 Å². The summed E-state index contributed by atoms with van der Waals surface area (Å²) < 4.78 is 29.6. The van der Waals surface area contributed by atoms with Crippen molar-refractivity contribution in [3.8, 4) is 0 Å². The normalized spacial score (nSPS) is 14.1. The number of hydrogen-bond donors (Lipinski definition) is 1. The lowest BCUT2D eigenvalue weighted by molar-refractivity contribution is -0.140. The second-order valence-electron chi connectivity index (χ2n) is 12.2. The summed E-state index contributed by atoms with van der Waals surface area (Å²) in [5.74, 6) is -0.676. The van der Waals surface area contributed by atoms with Crippen molar-refractivity contribution in [2.24, 2.45) is 0 Å². The molecule has 0 aromatic heterocycles. The third kappa shape index (κ3) is 7.85. The third-order valence-electron chi connectivity index (χ3n) is 8.96. The number of sulfonamides is 1. The maximum Gasteiger partial charge on any atom is 0.264 e. The van der Waals surface area contributed by atoms with E-state index >= 15 is 0 Å². The minimum absolute atomic E-state index is 0.0617. The standard InChI is InChI=1S/C38H43N3O4S/c1-28-22-23-34(24-30(28)3)41(46(44,45)35-20-8-5-9-21-35)27-37(42)40(26-32-17-11-10-14-29(32)2)36(25-31-15-6-4-7-16-31)38(43)39-33-18-12-13-19-33/h4-11,14-17,20-24,33,36H,12-13,18-19,25-27H2,1-3H3,(H,39,43). The van der Waals surface area contributed by atoms with Gasteiger partial charge in [-0.3, -0.25) is 13.9 Å². The van der Waals surface area contributed by atoms with Crippen LogP contribution >= 0.6 is 0 Å². The number of benzene rings is 4. The van der Waals surface area contributed by atoms with E-state index in [9.17, 15) is 18.0 Å². The molecule has 1 aliphatic rings. The van der Waals surface area contributed by atoms with Crippen LogP contribution in [0.1, 0.15) is 53.5 Å². The Morgan fingerprint density at radius 1 is 0.783 bits per heavy atom. The van der Waals surface area contributed by atoms with E-state index in [1.54, 1.807) is 35.2 Å². The summed E-state index contributed by atoms with van der Waals surface area (Å²) in [6.07, 6.45) is 4.23. The summed E-state index contributed by atoms with van der Waals surface area (Å²) in [7, 11) is -4.13. The van der Waals surface area contributed by atoms with Crippen molar-refractivity contribution < 1.29 is 18.0 Å². The molecule has 1 unspecified atom stereocenters. The van der Waals surface area contributed by atoms with E-state index in [1.807, 2.05) is 81.4 Å². The summed E-state index contributed by atoms with van der Waals surface area (Å²) in [6, 6.07) is 30.2. The van der Waals surface area contributed by atoms with Gasteiger partial charge in [0.1, 0.15) is 12.6 Å². The topological polar surface area (TPSA) is 86.8 Å². The maximum atomic E-state index is 14.7. The summed E-state index contributed by atoms with van der Waals surface area (Å²) in [5.41, 5.74) is 5.11. The van der Waals surface area contributed by atoms with E-state index in [0.29, 0.717) is 12.1 Å². The zero-order valence-electron chi connectivity index (χ0n) is 26.9. The van der Waals surface area contributed by atoms with Crippen LogP contribution in [0.25, 0.3) is 0 Å². The number of amides is 2. The van der Waals surface area contributed by atoms with Gasteiger partial charge in [-0.2, -0.15) is 0 Å². The predicted octanol–water partition coefficient (Wildman–Crippen LogP) is 6.51. The Kier molecular flexibility index (Phi) is 10.6. The summed E-state index contributed by atoms with van der Waals surface area (Å²) in [4.78, 5) is 30.5. The Morgan fingerprint density at radius 2 is 1.41 bits per heavy atom. The molecule has 1 N–H and O–H groups in total. The smallest absolute Gasteiger partial charge is 0.264 e. The van der Waals surface area contributed by atoms with Gasteiger partial charge in [-0.15, -0.1) is 0 Å². The van der Waals surface area contributed by atoms with Crippen LogP contribution in [-0.4, -0.2) is 43.8 Å². The highest BCUT2D eigenvalue weighted by Crippen LogP contribution is 2.27. The van der Waals surface area contributed by atoms with Crippen LogP contribution in [0.3, 0.4) is 0 Å². The number of hydrogen-bond acceptors (Lipinski definition) is 4. The van der Waals surface area contributed by atoms with Gasteiger partial charge >= 0.3 is 0 Å². The number of nitrogens with one attached hydrogen (secondary N) is 1. The molecule has 0 aliphatic heterocycles. The van der Waals surface area contributed by atoms with Gasteiger partial charge in [0.15, 0.2) is 0 Å². The second-order valence-corrected chi connectivity index (χ2v) is 14.1. The van der Waals surface area contributed by atoms with E-state index in [1.165, 1.54) is 16.4 Å². The first-order valence-corrected chi connectivity index (χ1v) is 17.4. The van der Waals surface area contributed by atoms with Crippen LogP contribution in [0.5, 0.6) is 0 Å². The molecular formula is C38H43N3O4S. The third-order valence-corrected chi connectivity index (χ3v) is 10.8. The first-order chi connectivity index (χ1) is 22.1. The lowest BCUT2D eigenvalue weighted by Gasteiger charge is -2.34. The van der Waals surface area contributed by atoms with Gasteiger partial charge in [-0.25, -0.2) is 8.42 Å². The summed E-state index contributed by atoms with van der Waals surface area (Å²) >= 11 is 0. The SMILES string of the molecule is Cc1ccc(N(CC(=O)N(Cc2ccccc2C)C(Cc2ccccc2)C(=O)NC2CCCC2)S(=O)(=O)c2ccccc2)cc1C. The summed E-state index contributed by atoms with van der Waals surface area (Å²) in [5, 5.41) is 3.23. The predicted molar refractivity (Wildman–Crippen MR) is 183 cm³/mol. The molecule has 1 aliphatic carbocycles. The molecule has 0 heterocycles. The van der Waals surface area contributed by atoms with E-state index in [0.717, 1.165) is 53.5 Å². The molecule has 46 heavy (non-hydrogen) atoms. The Balaban J connectivity index is 1.58. The van der Waals surface area contributed by atoms with Crippen molar-refractivity contribution in [3.63, 3.8) is 0 Å². The van der Waals surface area contributed by atoms with E-state index in [2.05, 4.69) is 5.32 Å². The molecule has 0 radical (unpaired) electrons. The maximum absolute atomic E-state index is 14.7. The minimum Gasteiger partial charge on any atom is -0.352 e. The monoisotopic (exact) mass is 637 g/mol. The van der Waals surface area contributed by atoms with Gasteiger partial charge in [0.25, 0.3) is 10.0 Å². The number of aryl methyl sites for hydroxylation is 3. The van der Waals surface area contributed by atoms with Crippen molar-refractivity contribution in [1.29, 1.82) is 0 Å². The van der Waals surface area contributed by atoms with Crippen LogP contribution in [0.4, 0.5) is 5.69 Å². The zero-order chi connectivity index (χ0) is 32.7. The number of rotatable bonds is 12. The average molecular weight is 638 g/mol. The second kappa shape index (κ2) is 14.8. The van der Waals surface area contributed by atoms with Crippen LogP contribution in [0.15, 0.2) is 108 Å². The molecule has 7 nitrogen and oxygen atoms in total. The van der Waals surface area contributed by atoms with Gasteiger partial charge in [0, 0.05) is 19.0 Å². The quantitative estimate of drug-likeness (QED) is 0.192. The van der Waals surface area contributed by atoms with E-state index < -0.39 is 28.5 Å². The molecule has 0 spiro atoms. The Hall–Kier alpha value is -4.43. The Bertz CT molecular complexity index is 1750. The van der Waals surface area contributed by atoms with Crippen molar-refractivity contribution >= 4 is 27.5 Å². The average Bonchev–Trinajstić information content (AvgIpc) is 3.57. The fourth-order valence-corrected chi connectivity index (χ4v) is 7.45. The molecule has 240 valence electrons. The van der Waals surface area contributed by atoms with Crippen molar-refractivity contribution in [2.75, 3.05) is 10.8 Å². The van der Waals surface area contributed by atoms with Gasteiger partial charge in [0.2, 0.25) is 11.8 Å². The molecule has 4 aromatic carbocycles. The van der Waals surface area contributed by atoms with E-state index in [-0.39, 0.29) is 23.4 Å². The first kappa shape index (κ1) is 32.9.